The van der Waals surface area contributed by atoms with E-state index in [1.54, 1.807) is 0 Å². The van der Waals surface area contributed by atoms with Gasteiger partial charge in [0.2, 0.25) is 0 Å². The molecule has 2 amide bonds. The van der Waals surface area contributed by atoms with Crippen LogP contribution >= 0.6 is 0 Å². The van der Waals surface area contributed by atoms with E-state index in [2.05, 4.69) is 51.2 Å². The summed E-state index contributed by atoms with van der Waals surface area (Å²) in [6.45, 7) is 12.0. The lowest BCUT2D eigenvalue weighted by Gasteiger charge is -2.56. The summed E-state index contributed by atoms with van der Waals surface area (Å²) < 4.78 is 5.41. The molecule has 1 saturated heterocycles. The zero-order valence-corrected chi connectivity index (χ0v) is 18.0. The number of hydrogen-bond donors (Lipinski definition) is 1. The second kappa shape index (κ2) is 7.37. The Morgan fingerprint density at radius 3 is 2.68 bits per heavy atom. The summed E-state index contributed by atoms with van der Waals surface area (Å²) in [5, 5.41) is 3.48. The largest absolute Gasteiger partial charge is 0.378 e. The Morgan fingerprint density at radius 2 is 1.96 bits per heavy atom. The van der Waals surface area contributed by atoms with Crippen molar-refractivity contribution in [3.63, 3.8) is 0 Å². The number of morpholine rings is 1. The number of hydrogen-bond acceptors (Lipinski definition) is 2. The maximum Gasteiger partial charge on any atom is 0.317 e. The number of amides is 2. The second-order valence-electron chi connectivity index (χ2n) is 9.88. The van der Waals surface area contributed by atoms with Crippen molar-refractivity contribution in [3.8, 4) is 0 Å². The molecule has 1 aliphatic heterocycles. The Morgan fingerprint density at radius 1 is 1.21 bits per heavy atom. The van der Waals surface area contributed by atoms with E-state index in [-0.39, 0.29) is 17.0 Å². The number of rotatable bonds is 2. The molecule has 0 spiro atoms. The van der Waals surface area contributed by atoms with E-state index in [9.17, 15) is 4.79 Å². The number of carbonyl (C=O) groups is 1. The third-order valence-corrected chi connectivity index (χ3v) is 7.73. The summed E-state index contributed by atoms with van der Waals surface area (Å²) in [5.41, 5.74) is 4.51. The molecule has 0 aromatic heterocycles. The average Bonchev–Trinajstić information content (AvgIpc) is 2.68. The second-order valence-corrected chi connectivity index (χ2v) is 9.88. The van der Waals surface area contributed by atoms with Crippen molar-refractivity contribution in [1.82, 2.24) is 10.2 Å². The van der Waals surface area contributed by atoms with E-state index >= 15 is 0 Å². The minimum absolute atomic E-state index is 0.0935. The Kier molecular flexibility index (Phi) is 5.20. The van der Waals surface area contributed by atoms with E-state index in [1.165, 1.54) is 23.1 Å². The van der Waals surface area contributed by atoms with Gasteiger partial charge in [-0.15, -0.1) is 0 Å². The van der Waals surface area contributed by atoms with Crippen LogP contribution in [-0.2, 0) is 16.6 Å². The lowest BCUT2D eigenvalue weighted by molar-refractivity contribution is 0.0373. The van der Waals surface area contributed by atoms with Gasteiger partial charge in [-0.05, 0) is 66.5 Å². The van der Waals surface area contributed by atoms with Gasteiger partial charge in [0.1, 0.15) is 0 Å². The molecule has 28 heavy (non-hydrogen) atoms. The van der Waals surface area contributed by atoms with Gasteiger partial charge in [-0.3, -0.25) is 0 Å². The standard InChI is InChI=1S/C24H36N2O2/c1-17(2)18-6-8-20-19(16-18)7-9-21-23(20,3)10-5-11-24(21,4)25-22(27)26-12-14-28-15-13-26/h6,8,16-17,21H,5,7,9-15H2,1-4H3,(H,25,27)/t21-,23-,24-/m1/s1. The first-order valence-electron chi connectivity index (χ1n) is 11.1. The number of aryl methyl sites for hydroxylation is 1. The molecule has 1 heterocycles. The van der Waals surface area contributed by atoms with Crippen LogP contribution in [0, 0.1) is 5.92 Å². The number of ether oxygens (including phenoxy) is 1. The first-order valence-corrected chi connectivity index (χ1v) is 11.1. The van der Waals surface area contributed by atoms with Gasteiger partial charge in [0.05, 0.1) is 13.2 Å². The zero-order valence-electron chi connectivity index (χ0n) is 18.0. The van der Waals surface area contributed by atoms with Gasteiger partial charge in [0, 0.05) is 18.6 Å². The summed E-state index contributed by atoms with van der Waals surface area (Å²) >= 11 is 0. The molecule has 3 atom stereocenters. The van der Waals surface area contributed by atoms with Gasteiger partial charge in [-0.25, -0.2) is 4.79 Å². The van der Waals surface area contributed by atoms with E-state index in [4.69, 9.17) is 4.74 Å². The van der Waals surface area contributed by atoms with Crippen LogP contribution in [0.25, 0.3) is 0 Å². The predicted octanol–water partition coefficient (Wildman–Crippen LogP) is 4.61. The summed E-state index contributed by atoms with van der Waals surface area (Å²) in [4.78, 5) is 14.9. The van der Waals surface area contributed by atoms with Crippen LogP contribution in [0.15, 0.2) is 18.2 Å². The van der Waals surface area contributed by atoms with Gasteiger partial charge >= 0.3 is 6.03 Å². The molecule has 4 heteroatoms. The van der Waals surface area contributed by atoms with E-state index in [1.807, 2.05) is 4.90 Å². The Hall–Kier alpha value is -1.55. The maximum absolute atomic E-state index is 13.0. The van der Waals surface area contributed by atoms with Crippen molar-refractivity contribution in [2.45, 2.75) is 76.7 Å². The third kappa shape index (κ3) is 3.34. The molecule has 4 rings (SSSR count). The van der Waals surface area contributed by atoms with Crippen molar-refractivity contribution in [1.29, 1.82) is 0 Å². The Balaban J connectivity index is 1.60. The molecule has 3 aliphatic rings. The number of benzene rings is 1. The zero-order chi connectivity index (χ0) is 19.9. The topological polar surface area (TPSA) is 41.6 Å². The van der Waals surface area contributed by atoms with Crippen LogP contribution in [0.3, 0.4) is 0 Å². The first kappa shape index (κ1) is 19.8. The molecule has 1 saturated carbocycles. The fraction of sp³-hybridized carbons (Fsp3) is 0.708. The maximum atomic E-state index is 13.0. The lowest BCUT2D eigenvalue weighted by Crippen LogP contribution is -2.63. The van der Waals surface area contributed by atoms with Gasteiger partial charge in [0.15, 0.2) is 0 Å². The number of nitrogens with one attached hydrogen (secondary N) is 1. The van der Waals surface area contributed by atoms with E-state index < -0.39 is 0 Å². The van der Waals surface area contributed by atoms with E-state index in [0.717, 1.165) is 25.7 Å². The SMILES string of the molecule is CC(C)c1ccc2c(c1)CC[C@H]1[C@](C)(NC(=O)N3CCOCC3)CCC[C@]21C. The molecule has 2 fully saturated rings. The molecule has 0 radical (unpaired) electrons. The molecule has 1 N–H and O–H groups in total. The van der Waals surface area contributed by atoms with Crippen molar-refractivity contribution in [2.24, 2.45) is 5.92 Å². The van der Waals surface area contributed by atoms with Gasteiger partial charge < -0.3 is 15.0 Å². The molecule has 0 bridgehead atoms. The molecular weight excluding hydrogens is 348 g/mol. The monoisotopic (exact) mass is 384 g/mol. The molecule has 2 aliphatic carbocycles. The van der Waals surface area contributed by atoms with Crippen LogP contribution in [0.5, 0.6) is 0 Å². The Bertz CT molecular complexity index is 740. The minimum Gasteiger partial charge on any atom is -0.378 e. The normalized spacial score (nSPS) is 32.6. The summed E-state index contributed by atoms with van der Waals surface area (Å²) in [7, 11) is 0. The van der Waals surface area contributed by atoms with Gasteiger partial charge in [-0.2, -0.15) is 0 Å². The van der Waals surface area contributed by atoms with Crippen molar-refractivity contribution >= 4 is 6.03 Å². The van der Waals surface area contributed by atoms with Crippen molar-refractivity contribution < 1.29 is 9.53 Å². The summed E-state index contributed by atoms with van der Waals surface area (Å²) in [6, 6.07) is 7.26. The molecule has 1 aromatic carbocycles. The van der Waals surface area contributed by atoms with Crippen LogP contribution in [0.2, 0.25) is 0 Å². The quantitative estimate of drug-likeness (QED) is 0.809. The molecular formula is C24H36N2O2. The number of nitrogens with zero attached hydrogens (tertiary/aromatic N) is 1. The summed E-state index contributed by atoms with van der Waals surface area (Å²) in [6.07, 6.45) is 5.74. The molecule has 4 nitrogen and oxygen atoms in total. The number of fused-ring (bicyclic) bond motifs is 3. The molecule has 1 aromatic rings. The highest BCUT2D eigenvalue weighted by Crippen LogP contribution is 2.53. The van der Waals surface area contributed by atoms with Crippen LogP contribution in [-0.4, -0.2) is 42.8 Å². The lowest BCUT2D eigenvalue weighted by atomic mass is 9.52. The van der Waals surface area contributed by atoms with Crippen molar-refractivity contribution in [3.05, 3.63) is 34.9 Å². The molecule has 0 unspecified atom stereocenters. The number of urea groups is 1. The predicted molar refractivity (Wildman–Crippen MR) is 113 cm³/mol. The smallest absolute Gasteiger partial charge is 0.317 e. The van der Waals surface area contributed by atoms with Crippen LogP contribution < -0.4 is 5.32 Å². The highest BCUT2D eigenvalue weighted by molar-refractivity contribution is 5.75. The third-order valence-electron chi connectivity index (χ3n) is 7.73. The highest BCUT2D eigenvalue weighted by Gasteiger charge is 2.52. The Labute approximate surface area is 170 Å². The van der Waals surface area contributed by atoms with Crippen LogP contribution in [0.1, 0.15) is 76.0 Å². The van der Waals surface area contributed by atoms with Gasteiger partial charge in [-0.1, -0.05) is 45.4 Å². The average molecular weight is 385 g/mol. The van der Waals surface area contributed by atoms with E-state index in [0.29, 0.717) is 38.1 Å². The fourth-order valence-corrected chi connectivity index (χ4v) is 6.11. The van der Waals surface area contributed by atoms with Crippen LogP contribution in [0.4, 0.5) is 4.79 Å². The summed E-state index contributed by atoms with van der Waals surface area (Å²) in [5.74, 6) is 1.05. The minimum atomic E-state index is -0.142. The first-order chi connectivity index (χ1) is 13.3. The van der Waals surface area contributed by atoms with Crippen molar-refractivity contribution in [2.75, 3.05) is 26.3 Å². The number of carbonyl (C=O) groups excluding carboxylic acids is 1. The highest BCUT2D eigenvalue weighted by atomic mass is 16.5. The van der Waals surface area contributed by atoms with Gasteiger partial charge in [0.25, 0.3) is 0 Å². The molecule has 154 valence electrons. The fourth-order valence-electron chi connectivity index (χ4n) is 6.11.